The zero-order valence-electron chi connectivity index (χ0n) is 12.8. The van der Waals surface area contributed by atoms with Crippen molar-refractivity contribution in [3.8, 4) is 18.2 Å². The van der Waals surface area contributed by atoms with E-state index in [-0.39, 0.29) is 41.5 Å². The van der Waals surface area contributed by atoms with Crippen molar-refractivity contribution in [2.75, 3.05) is 37.0 Å². The van der Waals surface area contributed by atoms with Gasteiger partial charge in [-0.3, -0.25) is 0 Å². The molecular weight excluding hydrogens is 359 g/mol. The third-order valence-electron chi connectivity index (χ3n) is 4.00. The summed E-state index contributed by atoms with van der Waals surface area (Å²) in [6.07, 6.45) is 6.97. The highest BCUT2D eigenvalue weighted by atomic mass is 35.5. The Bertz CT molecular complexity index is 788. The smallest absolute Gasteiger partial charge is 0.242 e. The van der Waals surface area contributed by atoms with E-state index in [4.69, 9.17) is 27.5 Å². The topological polar surface area (TPSA) is 68.7 Å². The third-order valence-corrected chi connectivity index (χ3v) is 6.19. The Labute approximate surface area is 144 Å². The molecule has 0 radical (unpaired) electrons. The van der Waals surface area contributed by atoms with Crippen LogP contribution >= 0.6 is 11.6 Å². The van der Waals surface area contributed by atoms with E-state index in [1.807, 2.05) is 0 Å². The number of hydrogen-bond acceptors (Lipinski definition) is 6. The van der Waals surface area contributed by atoms with Gasteiger partial charge in [-0.25, -0.2) is 8.42 Å². The first-order valence-corrected chi connectivity index (χ1v) is 9.51. The van der Waals surface area contributed by atoms with Crippen LogP contribution in [0.1, 0.15) is 12.8 Å². The molecule has 2 aliphatic rings. The van der Waals surface area contributed by atoms with Crippen molar-refractivity contribution in [3.05, 3.63) is 11.0 Å². The molecule has 24 heavy (non-hydrogen) atoms. The van der Waals surface area contributed by atoms with E-state index < -0.39 is 20.8 Å². The lowest BCUT2D eigenvalue weighted by Crippen LogP contribution is -2.40. The standard InChI is InChI=1S/C15H16ClFN2O4S/c1-2-6-23-15-12-13(11(16)14(17)18-15)24(20,21)8-5-19(12)9-10-4-3-7-22-10/h1,10H,3-9H2. The predicted molar refractivity (Wildman–Crippen MR) is 86.8 cm³/mol. The monoisotopic (exact) mass is 374 g/mol. The predicted octanol–water partition coefficient (Wildman–Crippen LogP) is 1.66. The number of terminal acetylenes is 1. The van der Waals surface area contributed by atoms with Crippen molar-refractivity contribution in [1.82, 2.24) is 4.98 Å². The van der Waals surface area contributed by atoms with Gasteiger partial charge in [0.15, 0.2) is 16.4 Å². The fourth-order valence-electron chi connectivity index (χ4n) is 2.92. The maximum absolute atomic E-state index is 14.0. The lowest BCUT2D eigenvalue weighted by molar-refractivity contribution is 0.115. The Morgan fingerprint density at radius 3 is 3.00 bits per heavy atom. The number of hydrogen-bond donors (Lipinski definition) is 0. The number of rotatable bonds is 4. The highest BCUT2D eigenvalue weighted by Crippen LogP contribution is 2.43. The normalized spacial score (nSPS) is 22.0. The summed E-state index contributed by atoms with van der Waals surface area (Å²) >= 11 is 5.91. The van der Waals surface area contributed by atoms with E-state index >= 15 is 0 Å². The van der Waals surface area contributed by atoms with Crippen LogP contribution in [0.15, 0.2) is 4.90 Å². The molecule has 0 bridgehead atoms. The maximum Gasteiger partial charge on any atom is 0.242 e. The summed E-state index contributed by atoms with van der Waals surface area (Å²) in [6, 6.07) is 0. The number of anilines is 1. The number of fused-ring (bicyclic) bond motifs is 1. The van der Waals surface area contributed by atoms with Gasteiger partial charge in [-0.1, -0.05) is 17.5 Å². The Morgan fingerprint density at radius 2 is 2.33 bits per heavy atom. The van der Waals surface area contributed by atoms with Gasteiger partial charge in [0.2, 0.25) is 11.8 Å². The van der Waals surface area contributed by atoms with Crippen molar-refractivity contribution in [2.24, 2.45) is 0 Å². The van der Waals surface area contributed by atoms with Crippen LogP contribution in [-0.2, 0) is 14.6 Å². The van der Waals surface area contributed by atoms with Crippen LogP contribution in [0.3, 0.4) is 0 Å². The highest BCUT2D eigenvalue weighted by molar-refractivity contribution is 7.91. The minimum atomic E-state index is -3.74. The molecule has 130 valence electrons. The second kappa shape index (κ2) is 6.75. The largest absolute Gasteiger partial charge is 0.463 e. The Morgan fingerprint density at radius 1 is 1.54 bits per heavy atom. The molecule has 1 aromatic rings. The zero-order valence-corrected chi connectivity index (χ0v) is 14.4. The van der Waals surface area contributed by atoms with Crippen molar-refractivity contribution >= 4 is 27.1 Å². The van der Waals surface area contributed by atoms with Crippen molar-refractivity contribution in [1.29, 1.82) is 0 Å². The molecule has 1 atom stereocenters. The molecule has 2 aliphatic heterocycles. The van der Waals surface area contributed by atoms with Crippen LogP contribution in [0.25, 0.3) is 0 Å². The molecule has 3 heterocycles. The summed E-state index contributed by atoms with van der Waals surface area (Å²) in [4.78, 5) is 5.14. The molecule has 1 aromatic heterocycles. The summed E-state index contributed by atoms with van der Waals surface area (Å²) < 4.78 is 49.7. The SMILES string of the molecule is C#CCOc1nc(F)c(Cl)c2c1N(CC1CCCO1)CCS2(=O)=O. The second-order valence-electron chi connectivity index (χ2n) is 5.59. The third kappa shape index (κ3) is 3.16. The van der Waals surface area contributed by atoms with Crippen LogP contribution in [-0.4, -0.2) is 51.6 Å². The first-order valence-electron chi connectivity index (χ1n) is 7.48. The van der Waals surface area contributed by atoms with Crippen LogP contribution < -0.4 is 9.64 Å². The number of sulfone groups is 1. The van der Waals surface area contributed by atoms with Crippen LogP contribution in [0.4, 0.5) is 10.1 Å². The summed E-state index contributed by atoms with van der Waals surface area (Å²) in [6.45, 7) is 1.20. The van der Waals surface area contributed by atoms with Crippen LogP contribution in [0.2, 0.25) is 5.02 Å². The van der Waals surface area contributed by atoms with E-state index in [0.717, 1.165) is 12.8 Å². The Kier molecular flexibility index (Phi) is 4.85. The molecular formula is C15H16ClFN2O4S. The van der Waals surface area contributed by atoms with Gasteiger partial charge in [0, 0.05) is 19.7 Å². The summed E-state index contributed by atoms with van der Waals surface area (Å²) in [5.41, 5.74) is 0.165. The average Bonchev–Trinajstić information content (AvgIpc) is 3.04. The van der Waals surface area contributed by atoms with Gasteiger partial charge in [-0.15, -0.1) is 6.42 Å². The van der Waals surface area contributed by atoms with Crippen molar-refractivity contribution in [2.45, 2.75) is 23.8 Å². The number of pyridine rings is 1. The fraction of sp³-hybridized carbons (Fsp3) is 0.533. The van der Waals surface area contributed by atoms with E-state index in [0.29, 0.717) is 13.2 Å². The molecule has 0 N–H and O–H groups in total. The van der Waals surface area contributed by atoms with Gasteiger partial charge < -0.3 is 14.4 Å². The quantitative estimate of drug-likeness (QED) is 0.589. The van der Waals surface area contributed by atoms with Crippen molar-refractivity contribution in [3.63, 3.8) is 0 Å². The Hall–Kier alpha value is -1.56. The molecule has 0 amide bonds. The number of halogens is 2. The van der Waals surface area contributed by atoms with Gasteiger partial charge in [-0.05, 0) is 12.8 Å². The van der Waals surface area contributed by atoms with Crippen molar-refractivity contribution < 1.29 is 22.3 Å². The van der Waals surface area contributed by atoms with E-state index in [1.165, 1.54) is 0 Å². The fourth-order valence-corrected chi connectivity index (χ4v) is 4.94. The molecule has 0 aromatic carbocycles. The highest BCUT2D eigenvalue weighted by Gasteiger charge is 2.37. The minimum absolute atomic E-state index is 0.0250. The van der Waals surface area contributed by atoms with Crippen LogP contribution in [0.5, 0.6) is 5.88 Å². The first kappa shape index (κ1) is 17.3. The lowest BCUT2D eigenvalue weighted by atomic mass is 10.2. The molecule has 0 saturated carbocycles. The minimum Gasteiger partial charge on any atom is -0.463 e. The molecule has 1 fully saturated rings. The molecule has 0 spiro atoms. The molecule has 6 nitrogen and oxygen atoms in total. The summed E-state index contributed by atoms with van der Waals surface area (Å²) in [5.74, 6) is 0.840. The van der Waals surface area contributed by atoms with E-state index in [2.05, 4.69) is 10.9 Å². The molecule has 0 aliphatic carbocycles. The molecule has 3 rings (SSSR count). The molecule has 9 heteroatoms. The Balaban J connectivity index is 2.09. The summed E-state index contributed by atoms with van der Waals surface area (Å²) in [5, 5.41) is -0.518. The number of nitrogens with zero attached hydrogens (tertiary/aromatic N) is 2. The van der Waals surface area contributed by atoms with Gasteiger partial charge in [-0.2, -0.15) is 9.37 Å². The van der Waals surface area contributed by atoms with Gasteiger partial charge in [0.25, 0.3) is 0 Å². The second-order valence-corrected chi connectivity index (χ2v) is 8.02. The molecule has 1 unspecified atom stereocenters. The van der Waals surface area contributed by atoms with E-state index in [9.17, 15) is 12.8 Å². The lowest BCUT2D eigenvalue weighted by Gasteiger charge is -2.33. The van der Waals surface area contributed by atoms with Crippen LogP contribution in [0, 0.1) is 18.3 Å². The first-order chi connectivity index (χ1) is 11.4. The van der Waals surface area contributed by atoms with Gasteiger partial charge >= 0.3 is 0 Å². The maximum atomic E-state index is 14.0. The number of aromatic nitrogens is 1. The summed E-state index contributed by atoms with van der Waals surface area (Å²) in [7, 11) is -3.74. The average molecular weight is 375 g/mol. The zero-order chi connectivity index (χ0) is 17.3. The van der Waals surface area contributed by atoms with Gasteiger partial charge in [0.05, 0.1) is 11.9 Å². The van der Waals surface area contributed by atoms with Gasteiger partial charge in [0.1, 0.15) is 15.6 Å². The van der Waals surface area contributed by atoms with E-state index in [1.54, 1.807) is 4.90 Å². The number of ether oxygens (including phenoxy) is 2. The molecule has 1 saturated heterocycles.